The van der Waals surface area contributed by atoms with Crippen LogP contribution in [-0.2, 0) is 20.5 Å². The van der Waals surface area contributed by atoms with Gasteiger partial charge < -0.3 is 10.5 Å². The molecule has 116 valence electrons. The van der Waals surface area contributed by atoms with Gasteiger partial charge in [0.2, 0.25) is 10.0 Å². The van der Waals surface area contributed by atoms with E-state index < -0.39 is 10.0 Å². The van der Waals surface area contributed by atoms with Gasteiger partial charge in [0.05, 0.1) is 11.9 Å². The van der Waals surface area contributed by atoms with Crippen molar-refractivity contribution in [3.63, 3.8) is 0 Å². The van der Waals surface area contributed by atoms with E-state index in [-0.39, 0.29) is 22.9 Å². The maximum atomic E-state index is 12.3. The van der Waals surface area contributed by atoms with Crippen LogP contribution in [0.25, 0.3) is 0 Å². The predicted molar refractivity (Wildman–Crippen MR) is 86.5 cm³/mol. The summed E-state index contributed by atoms with van der Waals surface area (Å²) in [5.41, 5.74) is 6.86. The van der Waals surface area contributed by atoms with Gasteiger partial charge in [0, 0.05) is 18.7 Å². The van der Waals surface area contributed by atoms with Crippen molar-refractivity contribution in [2.75, 3.05) is 7.11 Å². The van der Waals surface area contributed by atoms with Crippen molar-refractivity contribution in [2.45, 2.75) is 37.2 Å². The van der Waals surface area contributed by atoms with E-state index in [0.717, 1.165) is 19.3 Å². The van der Waals surface area contributed by atoms with Crippen molar-refractivity contribution < 1.29 is 13.2 Å². The standard InChI is InChI=1S/C14H20N2O3S2/c1-19-13-8-4-7-12(13)16-21(17,18)9-10-5-2-3-6-11(10)14(15)20/h2-3,5-6,12-13,16H,4,7-9H2,1H3,(H2,15,20). The van der Waals surface area contributed by atoms with Crippen molar-refractivity contribution >= 4 is 27.2 Å². The van der Waals surface area contributed by atoms with Gasteiger partial charge in [-0.3, -0.25) is 0 Å². The van der Waals surface area contributed by atoms with Crippen LogP contribution < -0.4 is 10.5 Å². The third kappa shape index (κ3) is 4.23. The van der Waals surface area contributed by atoms with E-state index in [2.05, 4.69) is 4.72 Å². The first kappa shape index (κ1) is 16.4. The molecular weight excluding hydrogens is 308 g/mol. The Kier molecular flexibility index (Phi) is 5.32. The van der Waals surface area contributed by atoms with Gasteiger partial charge in [0.1, 0.15) is 4.99 Å². The highest BCUT2D eigenvalue weighted by Gasteiger charge is 2.30. The lowest BCUT2D eigenvalue weighted by Gasteiger charge is -2.20. The zero-order valence-electron chi connectivity index (χ0n) is 11.9. The molecule has 0 saturated heterocycles. The number of rotatable bonds is 6. The Hall–Kier alpha value is -1.02. The summed E-state index contributed by atoms with van der Waals surface area (Å²) in [6.07, 6.45) is 2.60. The predicted octanol–water partition coefficient (Wildman–Crippen LogP) is 1.31. The van der Waals surface area contributed by atoms with Crippen molar-refractivity contribution in [1.82, 2.24) is 4.72 Å². The van der Waals surface area contributed by atoms with Crippen LogP contribution in [0.2, 0.25) is 0 Å². The van der Waals surface area contributed by atoms with E-state index >= 15 is 0 Å². The van der Waals surface area contributed by atoms with Crippen LogP contribution in [0.4, 0.5) is 0 Å². The van der Waals surface area contributed by atoms with Crippen molar-refractivity contribution in [1.29, 1.82) is 0 Å². The van der Waals surface area contributed by atoms with Crippen LogP contribution in [0.1, 0.15) is 30.4 Å². The average molecular weight is 328 g/mol. The number of hydrogen-bond donors (Lipinski definition) is 2. The Morgan fingerprint density at radius 2 is 2.14 bits per heavy atom. The molecule has 1 aromatic carbocycles. The summed E-state index contributed by atoms with van der Waals surface area (Å²) < 4.78 is 32.7. The van der Waals surface area contributed by atoms with E-state index in [1.807, 2.05) is 0 Å². The van der Waals surface area contributed by atoms with Gasteiger partial charge >= 0.3 is 0 Å². The van der Waals surface area contributed by atoms with E-state index in [1.165, 1.54) is 0 Å². The summed E-state index contributed by atoms with van der Waals surface area (Å²) in [6, 6.07) is 6.88. The fraction of sp³-hybridized carbons (Fsp3) is 0.500. The van der Waals surface area contributed by atoms with Gasteiger partial charge in [-0.1, -0.05) is 36.5 Å². The Bertz CT molecular complexity index is 616. The summed E-state index contributed by atoms with van der Waals surface area (Å²) in [6.45, 7) is 0. The molecule has 2 unspecified atom stereocenters. The second-order valence-electron chi connectivity index (χ2n) is 5.21. The molecular formula is C14H20N2O3S2. The maximum Gasteiger partial charge on any atom is 0.216 e. The van der Waals surface area contributed by atoms with Crippen LogP contribution in [0.15, 0.2) is 24.3 Å². The fourth-order valence-electron chi connectivity index (χ4n) is 2.71. The van der Waals surface area contributed by atoms with Gasteiger partial charge in [-0.25, -0.2) is 13.1 Å². The van der Waals surface area contributed by atoms with E-state index in [1.54, 1.807) is 31.4 Å². The Morgan fingerprint density at radius 1 is 1.43 bits per heavy atom. The second-order valence-corrected chi connectivity index (χ2v) is 7.40. The normalized spacial score (nSPS) is 22.3. The molecule has 1 fully saturated rings. The molecule has 1 saturated carbocycles. The zero-order chi connectivity index (χ0) is 15.5. The quantitative estimate of drug-likeness (QED) is 0.770. The smallest absolute Gasteiger partial charge is 0.216 e. The number of sulfonamides is 1. The van der Waals surface area contributed by atoms with Gasteiger partial charge in [-0.05, 0) is 24.8 Å². The summed E-state index contributed by atoms with van der Waals surface area (Å²) in [7, 11) is -1.85. The number of methoxy groups -OCH3 is 1. The molecule has 2 rings (SSSR count). The monoisotopic (exact) mass is 328 g/mol. The lowest BCUT2D eigenvalue weighted by Crippen LogP contribution is -2.41. The van der Waals surface area contributed by atoms with Gasteiger partial charge in [0.15, 0.2) is 0 Å². The summed E-state index contributed by atoms with van der Waals surface area (Å²) in [5, 5.41) is 0. The lowest BCUT2D eigenvalue weighted by molar-refractivity contribution is 0.0916. The Morgan fingerprint density at radius 3 is 2.81 bits per heavy atom. The summed E-state index contributed by atoms with van der Waals surface area (Å²) >= 11 is 4.96. The summed E-state index contributed by atoms with van der Waals surface area (Å²) in [5.74, 6) is -0.132. The fourth-order valence-corrected chi connectivity index (χ4v) is 4.38. The first-order valence-electron chi connectivity index (χ1n) is 6.83. The zero-order valence-corrected chi connectivity index (χ0v) is 13.5. The molecule has 0 aliphatic heterocycles. The molecule has 5 nitrogen and oxygen atoms in total. The molecule has 1 aromatic rings. The van der Waals surface area contributed by atoms with Crippen molar-refractivity contribution in [2.24, 2.45) is 5.73 Å². The third-order valence-corrected chi connectivity index (χ3v) is 5.29. The highest BCUT2D eigenvalue weighted by Crippen LogP contribution is 2.23. The molecule has 7 heteroatoms. The van der Waals surface area contributed by atoms with Crippen LogP contribution in [-0.4, -0.2) is 32.7 Å². The average Bonchev–Trinajstić information content (AvgIpc) is 2.84. The highest BCUT2D eigenvalue weighted by atomic mass is 32.2. The number of benzene rings is 1. The van der Waals surface area contributed by atoms with Crippen LogP contribution in [0.3, 0.4) is 0 Å². The Balaban J connectivity index is 2.13. The minimum Gasteiger partial charge on any atom is -0.389 e. The van der Waals surface area contributed by atoms with Crippen LogP contribution in [0, 0.1) is 0 Å². The number of thiocarbonyl (C=S) groups is 1. The first-order chi connectivity index (χ1) is 9.93. The molecule has 0 bridgehead atoms. The SMILES string of the molecule is COC1CCCC1NS(=O)(=O)Cc1ccccc1C(N)=S. The van der Waals surface area contributed by atoms with Gasteiger partial charge in [-0.2, -0.15) is 0 Å². The molecule has 2 atom stereocenters. The van der Waals surface area contributed by atoms with E-state index in [9.17, 15) is 8.42 Å². The molecule has 1 aliphatic carbocycles. The van der Waals surface area contributed by atoms with Crippen LogP contribution >= 0.6 is 12.2 Å². The topological polar surface area (TPSA) is 81.4 Å². The van der Waals surface area contributed by atoms with Gasteiger partial charge in [0.25, 0.3) is 0 Å². The minimum atomic E-state index is -3.46. The maximum absolute atomic E-state index is 12.3. The number of nitrogens with one attached hydrogen (secondary N) is 1. The van der Waals surface area contributed by atoms with E-state index in [4.69, 9.17) is 22.7 Å². The van der Waals surface area contributed by atoms with Crippen LogP contribution in [0.5, 0.6) is 0 Å². The minimum absolute atomic E-state index is 0.0504. The molecule has 0 radical (unpaired) electrons. The summed E-state index contributed by atoms with van der Waals surface area (Å²) in [4.78, 5) is 0.205. The molecule has 0 amide bonds. The number of hydrogen-bond acceptors (Lipinski definition) is 4. The molecule has 3 N–H and O–H groups in total. The molecule has 21 heavy (non-hydrogen) atoms. The number of ether oxygens (including phenoxy) is 1. The first-order valence-corrected chi connectivity index (χ1v) is 8.89. The molecule has 0 spiro atoms. The van der Waals surface area contributed by atoms with E-state index in [0.29, 0.717) is 11.1 Å². The molecule has 1 aliphatic rings. The van der Waals surface area contributed by atoms with Crippen molar-refractivity contribution in [3.05, 3.63) is 35.4 Å². The lowest BCUT2D eigenvalue weighted by atomic mass is 10.1. The van der Waals surface area contributed by atoms with Crippen molar-refractivity contribution in [3.8, 4) is 0 Å². The molecule has 0 heterocycles. The highest BCUT2D eigenvalue weighted by molar-refractivity contribution is 7.88. The third-order valence-electron chi connectivity index (χ3n) is 3.71. The molecule has 0 aromatic heterocycles. The second kappa shape index (κ2) is 6.83. The Labute approximate surface area is 130 Å². The number of nitrogens with two attached hydrogens (primary N) is 1. The largest absolute Gasteiger partial charge is 0.389 e. The van der Waals surface area contributed by atoms with Gasteiger partial charge in [-0.15, -0.1) is 0 Å².